The topological polar surface area (TPSA) is 33.5 Å². The van der Waals surface area contributed by atoms with Crippen LogP contribution in [0.3, 0.4) is 0 Å². The maximum atomic E-state index is 12.5. The average molecular weight is 336 g/mol. The minimum absolute atomic E-state index is 0.0156. The van der Waals surface area contributed by atoms with Crippen LogP contribution in [-0.2, 0) is 0 Å². The van der Waals surface area contributed by atoms with Gasteiger partial charge < -0.3 is 9.32 Å². The molecule has 0 spiro atoms. The molecule has 0 bridgehead atoms. The third-order valence-electron chi connectivity index (χ3n) is 4.11. The summed E-state index contributed by atoms with van der Waals surface area (Å²) in [5.74, 6) is 1.13. The quantitative estimate of drug-likeness (QED) is 0.775. The Morgan fingerprint density at radius 1 is 1.35 bits per heavy atom. The van der Waals surface area contributed by atoms with Crippen LogP contribution >= 0.6 is 15.9 Å². The van der Waals surface area contributed by atoms with Gasteiger partial charge >= 0.3 is 0 Å². The van der Waals surface area contributed by atoms with E-state index in [-0.39, 0.29) is 5.91 Å². The van der Waals surface area contributed by atoms with E-state index in [9.17, 15) is 4.79 Å². The molecule has 4 heteroatoms. The lowest BCUT2D eigenvalue weighted by molar-refractivity contribution is 0.0662. The number of furan rings is 1. The van der Waals surface area contributed by atoms with Crippen molar-refractivity contribution in [3.63, 3.8) is 0 Å². The molecule has 1 aliphatic heterocycles. The maximum absolute atomic E-state index is 12.5. The van der Waals surface area contributed by atoms with Crippen molar-refractivity contribution in [3.8, 4) is 0 Å². The second-order valence-electron chi connectivity index (χ2n) is 5.46. The molecule has 2 aromatic rings. The summed E-state index contributed by atoms with van der Waals surface area (Å²) in [6.07, 6.45) is 2.11. The van der Waals surface area contributed by atoms with E-state index in [1.165, 1.54) is 0 Å². The van der Waals surface area contributed by atoms with E-state index in [0.717, 1.165) is 36.9 Å². The zero-order valence-corrected chi connectivity index (χ0v) is 13.1. The number of carbonyl (C=O) groups excluding carboxylic acids is 1. The number of para-hydroxylation sites is 1. The number of likely N-dealkylation sites (tertiary alicyclic amines) is 1. The fraction of sp³-hybridized carbons (Fsp3) is 0.438. The number of halogens is 1. The highest BCUT2D eigenvalue weighted by Crippen LogP contribution is 2.27. The van der Waals surface area contributed by atoms with E-state index in [2.05, 4.69) is 22.9 Å². The summed E-state index contributed by atoms with van der Waals surface area (Å²) in [5.41, 5.74) is 0.778. The molecule has 0 saturated carbocycles. The minimum Gasteiger partial charge on any atom is -0.451 e. The Bertz CT molecular complexity index is 579. The van der Waals surface area contributed by atoms with Crippen LogP contribution in [0.4, 0.5) is 0 Å². The molecule has 1 amide bonds. The van der Waals surface area contributed by atoms with E-state index in [0.29, 0.717) is 16.5 Å². The second-order valence-corrected chi connectivity index (χ2v) is 6.90. The molecule has 1 saturated heterocycles. The number of benzene rings is 1. The molecule has 1 aromatic carbocycles. The van der Waals surface area contributed by atoms with Crippen molar-refractivity contribution in [2.75, 3.05) is 13.1 Å². The summed E-state index contributed by atoms with van der Waals surface area (Å²) >= 11 is 3.64. The molecule has 1 aliphatic rings. The molecule has 2 heterocycles. The van der Waals surface area contributed by atoms with Crippen LogP contribution < -0.4 is 0 Å². The average Bonchev–Trinajstić information content (AvgIpc) is 2.90. The van der Waals surface area contributed by atoms with Crippen LogP contribution in [0.5, 0.6) is 0 Å². The van der Waals surface area contributed by atoms with Crippen molar-refractivity contribution in [1.29, 1.82) is 0 Å². The molecular formula is C16H18BrNO2. The first-order valence-electron chi connectivity index (χ1n) is 7.07. The number of carbonyl (C=O) groups is 1. The van der Waals surface area contributed by atoms with Crippen LogP contribution in [0.2, 0.25) is 0 Å². The van der Waals surface area contributed by atoms with Gasteiger partial charge in [-0.3, -0.25) is 4.79 Å². The Morgan fingerprint density at radius 3 is 2.70 bits per heavy atom. The lowest BCUT2D eigenvalue weighted by atomic mass is 9.94. The monoisotopic (exact) mass is 335 g/mol. The number of piperidine rings is 1. The van der Waals surface area contributed by atoms with Gasteiger partial charge in [0.2, 0.25) is 0 Å². The number of alkyl halides is 1. The summed E-state index contributed by atoms with van der Waals surface area (Å²) in [6.45, 7) is 3.81. The van der Waals surface area contributed by atoms with Gasteiger partial charge in [0, 0.05) is 23.3 Å². The van der Waals surface area contributed by atoms with Crippen LogP contribution in [0, 0.1) is 5.92 Å². The summed E-state index contributed by atoms with van der Waals surface area (Å²) in [6, 6.07) is 9.58. The molecule has 3 rings (SSSR count). The zero-order chi connectivity index (χ0) is 14.1. The molecule has 1 atom stereocenters. The first kappa shape index (κ1) is 13.7. The highest BCUT2D eigenvalue weighted by atomic mass is 79.9. The van der Waals surface area contributed by atoms with Gasteiger partial charge in [-0.25, -0.2) is 0 Å². The Morgan fingerprint density at radius 2 is 2.05 bits per heavy atom. The van der Waals surface area contributed by atoms with Crippen molar-refractivity contribution >= 4 is 32.8 Å². The lowest BCUT2D eigenvalue weighted by Crippen LogP contribution is -2.39. The van der Waals surface area contributed by atoms with Gasteiger partial charge in [-0.05, 0) is 30.9 Å². The summed E-state index contributed by atoms with van der Waals surface area (Å²) in [5, 5.41) is 0.986. The summed E-state index contributed by atoms with van der Waals surface area (Å²) < 4.78 is 5.66. The fourth-order valence-electron chi connectivity index (χ4n) is 2.80. The van der Waals surface area contributed by atoms with Gasteiger partial charge in [-0.1, -0.05) is 41.1 Å². The Kier molecular flexibility index (Phi) is 3.83. The highest BCUT2D eigenvalue weighted by Gasteiger charge is 2.27. The number of fused-ring (bicyclic) bond motifs is 1. The van der Waals surface area contributed by atoms with E-state index < -0.39 is 0 Å². The normalized spacial score (nSPS) is 18.4. The molecular weight excluding hydrogens is 318 g/mol. The molecule has 106 valence electrons. The van der Waals surface area contributed by atoms with Crippen molar-refractivity contribution < 1.29 is 9.21 Å². The molecule has 1 aromatic heterocycles. The maximum Gasteiger partial charge on any atom is 0.289 e. The van der Waals surface area contributed by atoms with E-state index in [1.54, 1.807) is 0 Å². The zero-order valence-electron chi connectivity index (χ0n) is 11.5. The van der Waals surface area contributed by atoms with Gasteiger partial charge in [-0.2, -0.15) is 0 Å². The molecule has 1 unspecified atom stereocenters. The summed E-state index contributed by atoms with van der Waals surface area (Å²) in [4.78, 5) is 14.9. The van der Waals surface area contributed by atoms with Crippen molar-refractivity contribution in [2.45, 2.75) is 24.6 Å². The van der Waals surface area contributed by atoms with Gasteiger partial charge in [0.15, 0.2) is 5.76 Å². The largest absolute Gasteiger partial charge is 0.451 e. The van der Waals surface area contributed by atoms with Crippen molar-refractivity contribution in [3.05, 3.63) is 36.1 Å². The molecule has 1 fully saturated rings. The van der Waals surface area contributed by atoms with Crippen molar-refractivity contribution in [1.82, 2.24) is 4.90 Å². The lowest BCUT2D eigenvalue weighted by Gasteiger charge is -2.32. The number of rotatable bonds is 2. The molecule has 20 heavy (non-hydrogen) atoms. The standard InChI is InChI=1S/C16H18BrNO2/c1-11(17)12-6-8-18(9-7-12)16(19)15-10-13-4-2-3-5-14(13)20-15/h2-5,10-12H,6-9H2,1H3. The first-order valence-corrected chi connectivity index (χ1v) is 7.98. The van der Waals surface area contributed by atoms with Crippen LogP contribution in [0.15, 0.2) is 34.7 Å². The predicted molar refractivity (Wildman–Crippen MR) is 83.2 cm³/mol. The van der Waals surface area contributed by atoms with Crippen LogP contribution in [-0.4, -0.2) is 28.7 Å². The third-order valence-corrected chi connectivity index (χ3v) is 4.86. The first-order chi connectivity index (χ1) is 9.65. The Balaban J connectivity index is 1.73. The second kappa shape index (κ2) is 5.60. The molecule has 3 nitrogen and oxygen atoms in total. The van der Waals surface area contributed by atoms with Gasteiger partial charge in [0.1, 0.15) is 5.58 Å². The summed E-state index contributed by atoms with van der Waals surface area (Å²) in [7, 11) is 0. The smallest absolute Gasteiger partial charge is 0.289 e. The third kappa shape index (κ3) is 2.62. The molecule has 0 aliphatic carbocycles. The van der Waals surface area contributed by atoms with Crippen molar-refractivity contribution in [2.24, 2.45) is 5.92 Å². The van der Waals surface area contributed by atoms with Crippen LogP contribution in [0.25, 0.3) is 11.0 Å². The Hall–Kier alpha value is -1.29. The van der Waals surface area contributed by atoms with E-state index >= 15 is 0 Å². The van der Waals surface area contributed by atoms with Gasteiger partial charge in [0.05, 0.1) is 0 Å². The number of hydrogen-bond acceptors (Lipinski definition) is 2. The Labute approximate surface area is 127 Å². The predicted octanol–water partition coefficient (Wildman–Crippen LogP) is 4.07. The SMILES string of the molecule is CC(Br)C1CCN(C(=O)c2cc3ccccc3o2)CC1. The number of nitrogens with zero attached hydrogens (tertiary/aromatic N) is 1. The van der Waals surface area contributed by atoms with Gasteiger partial charge in [-0.15, -0.1) is 0 Å². The number of amides is 1. The number of hydrogen-bond donors (Lipinski definition) is 0. The van der Waals surface area contributed by atoms with E-state index in [1.807, 2.05) is 35.2 Å². The van der Waals surface area contributed by atoms with Gasteiger partial charge in [0.25, 0.3) is 5.91 Å². The molecule has 0 radical (unpaired) electrons. The van der Waals surface area contributed by atoms with E-state index in [4.69, 9.17) is 4.42 Å². The van der Waals surface area contributed by atoms with Crippen LogP contribution in [0.1, 0.15) is 30.3 Å². The minimum atomic E-state index is 0.0156. The molecule has 0 N–H and O–H groups in total. The fourth-order valence-corrected chi connectivity index (χ4v) is 3.33. The highest BCUT2D eigenvalue weighted by molar-refractivity contribution is 9.09.